The highest BCUT2D eigenvalue weighted by atomic mass is 35.5. The van der Waals surface area contributed by atoms with Crippen LogP contribution in [0.1, 0.15) is 29.8 Å². The van der Waals surface area contributed by atoms with E-state index in [0.717, 1.165) is 5.56 Å². The standard InChI is InChI=1S/C16H16ClFN2O/c1-11(2)20(10-12-4-3-7-19-9-12)16(21)14-8-13(17)5-6-15(14)18/h3-9,11H,10H2,1-2H3. The van der Waals surface area contributed by atoms with Crippen molar-refractivity contribution in [2.45, 2.75) is 26.4 Å². The van der Waals surface area contributed by atoms with Gasteiger partial charge in [0.05, 0.1) is 5.56 Å². The van der Waals surface area contributed by atoms with Crippen molar-refractivity contribution < 1.29 is 9.18 Å². The highest BCUT2D eigenvalue weighted by Gasteiger charge is 2.22. The molecule has 0 fully saturated rings. The van der Waals surface area contributed by atoms with Gasteiger partial charge in [-0.15, -0.1) is 0 Å². The van der Waals surface area contributed by atoms with E-state index in [4.69, 9.17) is 11.6 Å². The number of carbonyl (C=O) groups excluding carboxylic acids is 1. The van der Waals surface area contributed by atoms with Crippen molar-refractivity contribution in [3.63, 3.8) is 0 Å². The molecule has 2 aromatic rings. The van der Waals surface area contributed by atoms with Crippen molar-refractivity contribution in [3.05, 3.63) is 64.7 Å². The van der Waals surface area contributed by atoms with Crippen molar-refractivity contribution in [1.29, 1.82) is 0 Å². The van der Waals surface area contributed by atoms with Crippen molar-refractivity contribution in [1.82, 2.24) is 9.88 Å². The number of nitrogens with zero attached hydrogens (tertiary/aromatic N) is 2. The lowest BCUT2D eigenvalue weighted by molar-refractivity contribution is 0.0685. The third kappa shape index (κ3) is 3.79. The van der Waals surface area contributed by atoms with Crippen LogP contribution in [0.25, 0.3) is 0 Å². The molecule has 0 saturated carbocycles. The van der Waals surface area contributed by atoms with Crippen LogP contribution in [0.3, 0.4) is 0 Å². The maximum absolute atomic E-state index is 13.9. The van der Waals surface area contributed by atoms with Crippen molar-refractivity contribution >= 4 is 17.5 Å². The molecule has 1 amide bonds. The molecule has 0 saturated heterocycles. The normalized spacial score (nSPS) is 10.7. The summed E-state index contributed by atoms with van der Waals surface area (Å²) in [6.07, 6.45) is 3.36. The predicted octanol–water partition coefficient (Wildman–Crippen LogP) is 3.92. The van der Waals surface area contributed by atoms with E-state index in [0.29, 0.717) is 11.6 Å². The number of halogens is 2. The van der Waals surface area contributed by atoms with Gasteiger partial charge in [-0.3, -0.25) is 9.78 Å². The van der Waals surface area contributed by atoms with Gasteiger partial charge >= 0.3 is 0 Å². The Morgan fingerprint density at radius 2 is 2.14 bits per heavy atom. The second-order valence-electron chi connectivity index (χ2n) is 5.01. The molecule has 0 aliphatic heterocycles. The summed E-state index contributed by atoms with van der Waals surface area (Å²) in [6.45, 7) is 4.14. The van der Waals surface area contributed by atoms with Crippen LogP contribution in [0, 0.1) is 5.82 Å². The van der Waals surface area contributed by atoms with Crippen molar-refractivity contribution in [2.24, 2.45) is 0 Å². The van der Waals surface area contributed by atoms with E-state index in [1.165, 1.54) is 18.2 Å². The molecular formula is C16H16ClFN2O. The maximum atomic E-state index is 13.9. The Kier molecular flexibility index (Phi) is 4.91. The number of hydrogen-bond donors (Lipinski definition) is 0. The monoisotopic (exact) mass is 306 g/mol. The van der Waals surface area contributed by atoms with Crippen LogP contribution in [-0.2, 0) is 6.54 Å². The van der Waals surface area contributed by atoms with Crippen molar-refractivity contribution in [3.8, 4) is 0 Å². The summed E-state index contributed by atoms with van der Waals surface area (Å²) in [5.41, 5.74) is 0.877. The zero-order valence-corrected chi connectivity index (χ0v) is 12.6. The topological polar surface area (TPSA) is 33.2 Å². The van der Waals surface area contributed by atoms with E-state index in [1.807, 2.05) is 19.9 Å². The molecule has 0 bridgehead atoms. The summed E-state index contributed by atoms with van der Waals surface area (Å²) >= 11 is 5.86. The Labute approximate surface area is 128 Å². The lowest BCUT2D eigenvalue weighted by Crippen LogP contribution is -2.36. The van der Waals surface area contributed by atoms with E-state index < -0.39 is 5.82 Å². The van der Waals surface area contributed by atoms with Crippen LogP contribution in [0.2, 0.25) is 5.02 Å². The van der Waals surface area contributed by atoms with Gasteiger partial charge in [-0.1, -0.05) is 17.7 Å². The zero-order valence-electron chi connectivity index (χ0n) is 11.9. The van der Waals surface area contributed by atoms with Crippen LogP contribution in [-0.4, -0.2) is 21.8 Å². The van der Waals surface area contributed by atoms with E-state index in [9.17, 15) is 9.18 Å². The number of pyridine rings is 1. The third-order valence-corrected chi connectivity index (χ3v) is 3.35. The molecule has 5 heteroatoms. The molecule has 0 spiro atoms. The minimum absolute atomic E-state index is 0.0138. The molecule has 0 unspecified atom stereocenters. The first kappa shape index (κ1) is 15.4. The molecule has 1 aromatic carbocycles. The quantitative estimate of drug-likeness (QED) is 0.857. The Balaban J connectivity index is 2.30. The molecule has 0 atom stereocenters. The maximum Gasteiger partial charge on any atom is 0.257 e. The molecule has 1 heterocycles. The molecule has 21 heavy (non-hydrogen) atoms. The largest absolute Gasteiger partial charge is 0.332 e. The lowest BCUT2D eigenvalue weighted by atomic mass is 10.1. The number of hydrogen-bond acceptors (Lipinski definition) is 2. The van der Waals surface area contributed by atoms with E-state index in [2.05, 4.69) is 4.98 Å². The fourth-order valence-electron chi connectivity index (χ4n) is 1.99. The molecule has 0 radical (unpaired) electrons. The summed E-state index contributed by atoms with van der Waals surface area (Å²) in [5, 5.41) is 0.338. The minimum atomic E-state index is -0.568. The molecular weight excluding hydrogens is 291 g/mol. The van der Waals surface area contributed by atoms with Crippen LogP contribution < -0.4 is 0 Å². The Bertz CT molecular complexity index is 631. The van der Waals surface area contributed by atoms with Gasteiger partial charge in [0.1, 0.15) is 5.82 Å². The van der Waals surface area contributed by atoms with Gasteiger partial charge in [0, 0.05) is 30.0 Å². The third-order valence-electron chi connectivity index (χ3n) is 3.12. The summed E-state index contributed by atoms with van der Waals surface area (Å²) in [6, 6.07) is 7.60. The van der Waals surface area contributed by atoms with Gasteiger partial charge in [-0.25, -0.2) is 4.39 Å². The number of aromatic nitrogens is 1. The van der Waals surface area contributed by atoms with Crippen LogP contribution in [0.15, 0.2) is 42.7 Å². The smallest absolute Gasteiger partial charge is 0.257 e. The summed E-state index contributed by atoms with van der Waals surface area (Å²) in [5.74, 6) is -0.949. The van der Waals surface area contributed by atoms with E-state index in [1.54, 1.807) is 23.4 Å². The van der Waals surface area contributed by atoms with Crippen molar-refractivity contribution in [2.75, 3.05) is 0 Å². The fraction of sp³-hybridized carbons (Fsp3) is 0.250. The highest BCUT2D eigenvalue weighted by molar-refractivity contribution is 6.31. The average Bonchev–Trinajstić information content (AvgIpc) is 2.47. The van der Waals surface area contributed by atoms with E-state index >= 15 is 0 Å². The second kappa shape index (κ2) is 6.68. The average molecular weight is 307 g/mol. The summed E-state index contributed by atoms with van der Waals surface area (Å²) in [7, 11) is 0. The minimum Gasteiger partial charge on any atom is -0.332 e. The fourth-order valence-corrected chi connectivity index (χ4v) is 2.17. The molecule has 0 aliphatic rings. The molecule has 2 rings (SSSR count). The molecule has 0 aliphatic carbocycles. The van der Waals surface area contributed by atoms with Gasteiger partial charge in [-0.2, -0.15) is 0 Å². The highest BCUT2D eigenvalue weighted by Crippen LogP contribution is 2.19. The van der Waals surface area contributed by atoms with Crippen LogP contribution >= 0.6 is 11.6 Å². The van der Waals surface area contributed by atoms with Crippen LogP contribution in [0.4, 0.5) is 4.39 Å². The first-order valence-corrected chi connectivity index (χ1v) is 7.01. The molecule has 0 N–H and O–H groups in total. The van der Waals surface area contributed by atoms with Gasteiger partial charge < -0.3 is 4.90 Å². The lowest BCUT2D eigenvalue weighted by Gasteiger charge is -2.27. The first-order chi connectivity index (χ1) is 9.99. The van der Waals surface area contributed by atoms with Gasteiger partial charge in [0.2, 0.25) is 0 Å². The first-order valence-electron chi connectivity index (χ1n) is 6.64. The van der Waals surface area contributed by atoms with E-state index in [-0.39, 0.29) is 17.5 Å². The number of benzene rings is 1. The molecule has 110 valence electrons. The van der Waals surface area contributed by atoms with Gasteiger partial charge in [-0.05, 0) is 43.7 Å². The van der Waals surface area contributed by atoms with Gasteiger partial charge in [0.25, 0.3) is 5.91 Å². The predicted molar refractivity (Wildman–Crippen MR) is 80.7 cm³/mol. The second-order valence-corrected chi connectivity index (χ2v) is 5.45. The summed E-state index contributed by atoms with van der Waals surface area (Å²) in [4.78, 5) is 18.2. The Morgan fingerprint density at radius 3 is 2.76 bits per heavy atom. The zero-order chi connectivity index (χ0) is 15.4. The molecule has 1 aromatic heterocycles. The Morgan fingerprint density at radius 1 is 1.38 bits per heavy atom. The van der Waals surface area contributed by atoms with Gasteiger partial charge in [0.15, 0.2) is 0 Å². The number of carbonyl (C=O) groups is 1. The van der Waals surface area contributed by atoms with Crippen LogP contribution in [0.5, 0.6) is 0 Å². The number of rotatable bonds is 4. The SMILES string of the molecule is CC(C)N(Cc1cccnc1)C(=O)c1cc(Cl)ccc1F. The summed E-state index contributed by atoms with van der Waals surface area (Å²) < 4.78 is 13.9. The Hall–Kier alpha value is -1.94. The number of amides is 1. The molecule has 3 nitrogen and oxygen atoms in total.